The van der Waals surface area contributed by atoms with E-state index in [0.29, 0.717) is 0 Å². The Balaban J connectivity index is 2.11. The second-order valence-corrected chi connectivity index (χ2v) is 4.51. The van der Waals surface area contributed by atoms with Crippen molar-refractivity contribution in [2.45, 2.75) is 19.6 Å². The number of aryl methyl sites for hydroxylation is 1. The van der Waals surface area contributed by atoms with Crippen molar-refractivity contribution in [2.24, 2.45) is 7.05 Å². The van der Waals surface area contributed by atoms with Crippen LogP contribution in [-0.2, 0) is 7.05 Å². The minimum atomic E-state index is -2.84. The molecule has 0 radical (unpaired) electrons. The maximum Gasteiger partial charge on any atom is 0.387 e. The first-order valence-electron chi connectivity index (χ1n) is 6.30. The topological polar surface area (TPSA) is 56.2 Å². The Morgan fingerprint density at radius 1 is 1.29 bits per heavy atom. The molecule has 2 rings (SSSR count). The highest BCUT2D eigenvalue weighted by molar-refractivity contribution is 5.37. The summed E-state index contributed by atoms with van der Waals surface area (Å²) in [5.74, 6) is 0.329. The van der Waals surface area contributed by atoms with Gasteiger partial charge in [-0.3, -0.25) is 4.79 Å². The molecule has 0 saturated heterocycles. The second kappa shape index (κ2) is 6.34. The Morgan fingerprint density at radius 2 is 1.95 bits per heavy atom. The predicted molar refractivity (Wildman–Crippen MR) is 74.6 cm³/mol. The van der Waals surface area contributed by atoms with Gasteiger partial charge < -0.3 is 14.6 Å². The number of alkyl halides is 2. The van der Waals surface area contributed by atoms with Gasteiger partial charge in [-0.1, -0.05) is 12.1 Å². The van der Waals surface area contributed by atoms with E-state index in [4.69, 9.17) is 0 Å². The lowest BCUT2D eigenvalue weighted by Crippen LogP contribution is -2.23. The van der Waals surface area contributed by atoms with E-state index in [-0.39, 0.29) is 23.2 Å². The normalized spacial score (nSPS) is 12.2. The molecule has 0 bridgehead atoms. The van der Waals surface area contributed by atoms with Crippen LogP contribution in [-0.4, -0.2) is 16.2 Å². The number of rotatable bonds is 5. The second-order valence-electron chi connectivity index (χ2n) is 4.51. The molecule has 1 aromatic carbocycles. The Morgan fingerprint density at radius 3 is 2.57 bits per heavy atom. The van der Waals surface area contributed by atoms with Gasteiger partial charge in [-0.25, -0.2) is 4.98 Å². The van der Waals surface area contributed by atoms with Gasteiger partial charge in [-0.15, -0.1) is 0 Å². The zero-order valence-corrected chi connectivity index (χ0v) is 11.6. The van der Waals surface area contributed by atoms with Crippen LogP contribution >= 0.6 is 0 Å². The van der Waals surface area contributed by atoms with Gasteiger partial charge in [0, 0.05) is 19.4 Å². The molecule has 5 nitrogen and oxygen atoms in total. The number of benzene rings is 1. The molecule has 1 aromatic heterocycles. The molecule has 0 aliphatic rings. The minimum Gasteiger partial charge on any atom is -0.435 e. The smallest absolute Gasteiger partial charge is 0.387 e. The summed E-state index contributed by atoms with van der Waals surface area (Å²) in [6, 6.07) is 6.02. The average molecular weight is 295 g/mol. The highest BCUT2D eigenvalue weighted by atomic mass is 19.3. The van der Waals surface area contributed by atoms with E-state index in [1.165, 1.54) is 22.9 Å². The molecule has 112 valence electrons. The standard InChI is InChI=1S/C14H15F2N3O2/c1-9(18-12-13(20)19(2)8-7-17-12)10-3-5-11(6-4-10)21-14(15)16/h3-9,14H,1-2H3,(H,17,18). The third-order valence-corrected chi connectivity index (χ3v) is 2.98. The minimum absolute atomic E-state index is 0.0923. The van der Waals surface area contributed by atoms with E-state index < -0.39 is 6.61 Å². The molecule has 7 heteroatoms. The maximum atomic E-state index is 12.1. The third-order valence-electron chi connectivity index (χ3n) is 2.98. The molecule has 0 aliphatic heterocycles. The van der Waals surface area contributed by atoms with Crippen molar-refractivity contribution in [1.29, 1.82) is 0 Å². The summed E-state index contributed by atoms with van der Waals surface area (Å²) in [5, 5.41) is 2.99. The number of halogens is 2. The monoisotopic (exact) mass is 295 g/mol. The highest BCUT2D eigenvalue weighted by Gasteiger charge is 2.10. The molecule has 0 spiro atoms. The van der Waals surface area contributed by atoms with E-state index in [0.717, 1.165) is 5.56 Å². The van der Waals surface area contributed by atoms with Crippen LogP contribution in [0.2, 0.25) is 0 Å². The summed E-state index contributed by atoms with van der Waals surface area (Å²) in [7, 11) is 1.64. The van der Waals surface area contributed by atoms with Crippen LogP contribution in [0.1, 0.15) is 18.5 Å². The fraction of sp³-hybridized carbons (Fsp3) is 0.286. The summed E-state index contributed by atoms with van der Waals surface area (Å²) in [5.41, 5.74) is 0.589. The lowest BCUT2D eigenvalue weighted by Gasteiger charge is -2.15. The fourth-order valence-electron chi connectivity index (χ4n) is 1.82. The molecule has 0 fully saturated rings. The van der Waals surface area contributed by atoms with Gasteiger partial charge in [0.25, 0.3) is 5.56 Å². The number of anilines is 1. The Bertz CT molecular complexity index is 656. The van der Waals surface area contributed by atoms with Gasteiger partial charge in [0.1, 0.15) is 5.75 Å². The molecule has 21 heavy (non-hydrogen) atoms. The molecule has 1 unspecified atom stereocenters. The van der Waals surface area contributed by atoms with Crippen LogP contribution in [0.3, 0.4) is 0 Å². The van der Waals surface area contributed by atoms with Gasteiger partial charge in [0.2, 0.25) is 0 Å². The average Bonchev–Trinajstić information content (AvgIpc) is 2.44. The summed E-state index contributed by atoms with van der Waals surface area (Å²) in [6.07, 6.45) is 3.09. The first-order valence-corrected chi connectivity index (χ1v) is 6.30. The molecule has 0 saturated carbocycles. The fourth-order valence-corrected chi connectivity index (χ4v) is 1.82. The quantitative estimate of drug-likeness (QED) is 0.921. The van der Waals surface area contributed by atoms with Crippen molar-refractivity contribution >= 4 is 5.82 Å². The number of nitrogens with zero attached hydrogens (tertiary/aromatic N) is 2. The van der Waals surface area contributed by atoms with Crippen molar-refractivity contribution in [3.05, 3.63) is 52.6 Å². The maximum absolute atomic E-state index is 12.1. The highest BCUT2D eigenvalue weighted by Crippen LogP contribution is 2.20. The molecule has 0 amide bonds. The van der Waals surface area contributed by atoms with Gasteiger partial charge in [0.15, 0.2) is 5.82 Å². The van der Waals surface area contributed by atoms with Crippen LogP contribution in [0, 0.1) is 0 Å². The molecule has 0 aliphatic carbocycles. The van der Waals surface area contributed by atoms with Crippen molar-refractivity contribution in [1.82, 2.24) is 9.55 Å². The van der Waals surface area contributed by atoms with Crippen LogP contribution in [0.15, 0.2) is 41.5 Å². The molecular weight excluding hydrogens is 280 g/mol. The third kappa shape index (κ3) is 3.77. The van der Waals surface area contributed by atoms with Gasteiger partial charge in [0.05, 0.1) is 6.04 Å². The van der Waals surface area contributed by atoms with E-state index >= 15 is 0 Å². The van der Waals surface area contributed by atoms with Crippen molar-refractivity contribution in [3.63, 3.8) is 0 Å². The van der Waals surface area contributed by atoms with E-state index in [9.17, 15) is 13.6 Å². The van der Waals surface area contributed by atoms with Crippen LogP contribution in [0.4, 0.5) is 14.6 Å². The number of nitrogens with one attached hydrogen (secondary N) is 1. The summed E-state index contributed by atoms with van der Waals surface area (Å²) in [4.78, 5) is 15.8. The SMILES string of the molecule is CC(Nc1nccn(C)c1=O)c1ccc(OC(F)F)cc1. The van der Waals surface area contributed by atoms with Crippen molar-refractivity contribution in [3.8, 4) is 5.75 Å². The number of hydrogen-bond donors (Lipinski definition) is 1. The Hall–Kier alpha value is -2.44. The Labute approximate surface area is 120 Å². The van der Waals surface area contributed by atoms with Crippen molar-refractivity contribution in [2.75, 3.05) is 5.32 Å². The zero-order valence-electron chi connectivity index (χ0n) is 11.6. The van der Waals surface area contributed by atoms with Crippen LogP contribution < -0.4 is 15.6 Å². The molecule has 1 N–H and O–H groups in total. The van der Waals surface area contributed by atoms with Crippen molar-refractivity contribution < 1.29 is 13.5 Å². The lowest BCUT2D eigenvalue weighted by atomic mass is 10.1. The van der Waals surface area contributed by atoms with Crippen LogP contribution in [0.5, 0.6) is 5.75 Å². The van der Waals surface area contributed by atoms with Gasteiger partial charge >= 0.3 is 6.61 Å². The van der Waals surface area contributed by atoms with Gasteiger partial charge in [-0.2, -0.15) is 8.78 Å². The number of hydrogen-bond acceptors (Lipinski definition) is 4. The summed E-state index contributed by atoms with van der Waals surface area (Å²) >= 11 is 0. The number of ether oxygens (including phenoxy) is 1. The Kier molecular flexibility index (Phi) is 4.52. The van der Waals surface area contributed by atoms with E-state index in [2.05, 4.69) is 15.0 Å². The van der Waals surface area contributed by atoms with Crippen LogP contribution in [0.25, 0.3) is 0 Å². The largest absolute Gasteiger partial charge is 0.435 e. The van der Waals surface area contributed by atoms with Gasteiger partial charge in [-0.05, 0) is 24.6 Å². The molecule has 2 aromatic rings. The lowest BCUT2D eigenvalue weighted by molar-refractivity contribution is -0.0498. The summed E-state index contributed by atoms with van der Waals surface area (Å²) in [6.45, 7) is -1.00. The van der Waals surface area contributed by atoms with E-state index in [1.54, 1.807) is 25.4 Å². The number of aromatic nitrogens is 2. The molecular formula is C14H15F2N3O2. The predicted octanol–water partition coefficient (Wildman–Crippen LogP) is 2.55. The zero-order chi connectivity index (χ0) is 15.4. The summed E-state index contributed by atoms with van der Waals surface area (Å²) < 4.78 is 29.8. The first-order chi connectivity index (χ1) is 9.97. The first kappa shape index (κ1) is 15.0. The molecule has 1 heterocycles. The molecule has 1 atom stereocenters. The van der Waals surface area contributed by atoms with E-state index in [1.807, 2.05) is 6.92 Å².